The van der Waals surface area contributed by atoms with Crippen molar-refractivity contribution in [3.63, 3.8) is 0 Å². The lowest BCUT2D eigenvalue weighted by molar-refractivity contribution is -0.117. The Bertz CT molecular complexity index is 975. The highest BCUT2D eigenvalue weighted by Gasteiger charge is 2.31. The number of pyridine rings is 1. The van der Waals surface area contributed by atoms with Gasteiger partial charge in [0.25, 0.3) is 0 Å². The van der Waals surface area contributed by atoms with Crippen LogP contribution in [0.25, 0.3) is 0 Å². The molecule has 29 heavy (non-hydrogen) atoms. The van der Waals surface area contributed by atoms with E-state index >= 15 is 0 Å². The molecule has 0 saturated carbocycles. The SMILES string of the molecule is O=C(NCc1ccccc1)Nc1ccc(N2CC(c3ccccc3)CC2=O)cn1. The van der Waals surface area contributed by atoms with Crippen molar-refractivity contribution in [2.75, 3.05) is 16.8 Å². The molecule has 0 bridgehead atoms. The van der Waals surface area contributed by atoms with E-state index in [1.165, 1.54) is 5.56 Å². The molecule has 1 saturated heterocycles. The lowest BCUT2D eigenvalue weighted by atomic mass is 9.99. The molecule has 1 aromatic heterocycles. The van der Waals surface area contributed by atoms with Crippen LogP contribution in [0.15, 0.2) is 79.0 Å². The zero-order valence-corrected chi connectivity index (χ0v) is 15.9. The van der Waals surface area contributed by atoms with Crippen molar-refractivity contribution < 1.29 is 9.59 Å². The summed E-state index contributed by atoms with van der Waals surface area (Å²) in [5.41, 5.74) is 2.93. The summed E-state index contributed by atoms with van der Waals surface area (Å²) in [6.45, 7) is 1.07. The third-order valence-corrected chi connectivity index (χ3v) is 4.99. The number of hydrogen-bond acceptors (Lipinski definition) is 3. The number of nitrogens with zero attached hydrogens (tertiary/aromatic N) is 2. The van der Waals surface area contributed by atoms with Gasteiger partial charge in [-0.3, -0.25) is 10.1 Å². The number of aromatic nitrogens is 1. The Labute approximate surface area is 169 Å². The Kier molecular flexibility index (Phi) is 5.52. The van der Waals surface area contributed by atoms with Crippen LogP contribution in [0.2, 0.25) is 0 Å². The molecule has 4 rings (SSSR count). The summed E-state index contributed by atoms with van der Waals surface area (Å²) in [7, 11) is 0. The normalized spacial score (nSPS) is 15.9. The van der Waals surface area contributed by atoms with Crippen molar-refractivity contribution in [3.8, 4) is 0 Å². The highest BCUT2D eigenvalue weighted by molar-refractivity contribution is 5.96. The van der Waals surface area contributed by atoms with Crippen molar-refractivity contribution >= 4 is 23.4 Å². The van der Waals surface area contributed by atoms with Crippen LogP contribution in [0.3, 0.4) is 0 Å². The van der Waals surface area contributed by atoms with Crippen LogP contribution >= 0.6 is 0 Å². The van der Waals surface area contributed by atoms with Crippen LogP contribution in [-0.4, -0.2) is 23.5 Å². The maximum atomic E-state index is 12.5. The van der Waals surface area contributed by atoms with E-state index in [0.29, 0.717) is 25.3 Å². The van der Waals surface area contributed by atoms with Gasteiger partial charge < -0.3 is 10.2 Å². The van der Waals surface area contributed by atoms with Gasteiger partial charge in [0.1, 0.15) is 5.82 Å². The van der Waals surface area contributed by atoms with E-state index in [1.54, 1.807) is 17.2 Å². The minimum atomic E-state index is -0.324. The van der Waals surface area contributed by atoms with Crippen LogP contribution in [0.1, 0.15) is 23.5 Å². The predicted molar refractivity (Wildman–Crippen MR) is 113 cm³/mol. The standard InChI is InChI=1S/C23H22N4O2/c28-22-13-19(18-9-5-2-6-10-18)16-27(22)20-11-12-21(24-15-20)26-23(29)25-14-17-7-3-1-4-8-17/h1-12,15,19H,13-14,16H2,(H2,24,25,26,29). The number of urea groups is 1. The number of anilines is 2. The Morgan fingerprint density at radius 3 is 2.41 bits per heavy atom. The number of nitrogens with one attached hydrogen (secondary N) is 2. The smallest absolute Gasteiger partial charge is 0.320 e. The summed E-state index contributed by atoms with van der Waals surface area (Å²) in [6, 6.07) is 23.0. The molecular formula is C23H22N4O2. The van der Waals surface area contributed by atoms with Crippen LogP contribution < -0.4 is 15.5 Å². The van der Waals surface area contributed by atoms with Gasteiger partial charge in [-0.2, -0.15) is 0 Å². The molecule has 1 aliphatic heterocycles. The number of benzene rings is 2. The van der Waals surface area contributed by atoms with E-state index in [9.17, 15) is 9.59 Å². The van der Waals surface area contributed by atoms with Crippen molar-refractivity contribution in [2.45, 2.75) is 18.9 Å². The van der Waals surface area contributed by atoms with E-state index < -0.39 is 0 Å². The van der Waals surface area contributed by atoms with Gasteiger partial charge in [0, 0.05) is 25.4 Å². The van der Waals surface area contributed by atoms with Gasteiger partial charge in [0.05, 0.1) is 11.9 Å². The van der Waals surface area contributed by atoms with Gasteiger partial charge >= 0.3 is 6.03 Å². The van der Waals surface area contributed by atoms with Crippen LogP contribution in [0.4, 0.5) is 16.3 Å². The number of carbonyl (C=O) groups is 2. The molecule has 6 heteroatoms. The van der Waals surface area contributed by atoms with Crippen LogP contribution in [-0.2, 0) is 11.3 Å². The van der Waals surface area contributed by atoms with Gasteiger partial charge in [-0.15, -0.1) is 0 Å². The molecule has 0 spiro atoms. The minimum absolute atomic E-state index is 0.0852. The first kappa shape index (κ1) is 18.7. The molecule has 1 fully saturated rings. The largest absolute Gasteiger partial charge is 0.334 e. The summed E-state index contributed by atoms with van der Waals surface area (Å²) >= 11 is 0. The average molecular weight is 386 g/mol. The third-order valence-electron chi connectivity index (χ3n) is 4.99. The van der Waals surface area contributed by atoms with Gasteiger partial charge in [-0.25, -0.2) is 9.78 Å². The first-order valence-electron chi connectivity index (χ1n) is 9.59. The first-order chi connectivity index (χ1) is 14.2. The van der Waals surface area contributed by atoms with Crippen LogP contribution in [0, 0.1) is 0 Å². The second-order valence-electron chi connectivity index (χ2n) is 7.01. The van der Waals surface area contributed by atoms with Crippen molar-refractivity contribution in [1.82, 2.24) is 10.3 Å². The number of carbonyl (C=O) groups excluding carboxylic acids is 2. The predicted octanol–water partition coefficient (Wildman–Crippen LogP) is 3.92. The Morgan fingerprint density at radius 1 is 1.00 bits per heavy atom. The number of amides is 3. The monoisotopic (exact) mass is 386 g/mol. The van der Waals surface area contributed by atoms with Gasteiger partial charge in [-0.05, 0) is 23.3 Å². The van der Waals surface area contributed by atoms with Gasteiger partial charge in [-0.1, -0.05) is 60.7 Å². The van der Waals surface area contributed by atoms with E-state index in [4.69, 9.17) is 0 Å². The molecule has 1 unspecified atom stereocenters. The number of hydrogen-bond donors (Lipinski definition) is 2. The summed E-state index contributed by atoms with van der Waals surface area (Å²) in [5.74, 6) is 0.706. The van der Waals surface area contributed by atoms with E-state index in [0.717, 1.165) is 11.3 Å². The average Bonchev–Trinajstić information content (AvgIpc) is 3.16. The zero-order valence-electron chi connectivity index (χ0n) is 15.9. The minimum Gasteiger partial charge on any atom is -0.334 e. The second-order valence-corrected chi connectivity index (χ2v) is 7.01. The Balaban J connectivity index is 1.34. The second kappa shape index (κ2) is 8.56. The molecule has 146 valence electrons. The molecule has 2 N–H and O–H groups in total. The maximum absolute atomic E-state index is 12.5. The van der Waals surface area contributed by atoms with E-state index in [-0.39, 0.29) is 17.9 Å². The molecule has 0 aliphatic carbocycles. The highest BCUT2D eigenvalue weighted by Crippen LogP contribution is 2.31. The number of rotatable bonds is 5. The quantitative estimate of drug-likeness (QED) is 0.698. The molecule has 2 aromatic carbocycles. The fraction of sp³-hybridized carbons (Fsp3) is 0.174. The van der Waals surface area contributed by atoms with Gasteiger partial charge in [0.2, 0.25) is 5.91 Å². The Morgan fingerprint density at radius 2 is 1.72 bits per heavy atom. The van der Waals surface area contributed by atoms with Gasteiger partial charge in [0.15, 0.2) is 0 Å². The Hall–Kier alpha value is -3.67. The topological polar surface area (TPSA) is 74.3 Å². The molecule has 2 heterocycles. The third kappa shape index (κ3) is 4.60. The lowest BCUT2D eigenvalue weighted by Crippen LogP contribution is -2.28. The van der Waals surface area contributed by atoms with Crippen molar-refractivity contribution in [3.05, 3.63) is 90.1 Å². The molecule has 1 aliphatic rings. The highest BCUT2D eigenvalue weighted by atomic mass is 16.2. The lowest BCUT2D eigenvalue weighted by Gasteiger charge is -2.17. The first-order valence-corrected chi connectivity index (χ1v) is 9.59. The molecule has 3 amide bonds. The van der Waals surface area contributed by atoms with Crippen molar-refractivity contribution in [1.29, 1.82) is 0 Å². The van der Waals surface area contributed by atoms with E-state index in [2.05, 4.69) is 27.8 Å². The summed E-state index contributed by atoms with van der Waals surface area (Å²) < 4.78 is 0. The van der Waals surface area contributed by atoms with Crippen LogP contribution in [0.5, 0.6) is 0 Å². The molecular weight excluding hydrogens is 364 g/mol. The molecule has 0 radical (unpaired) electrons. The van der Waals surface area contributed by atoms with E-state index in [1.807, 2.05) is 54.6 Å². The zero-order chi connectivity index (χ0) is 20.1. The fourth-order valence-corrected chi connectivity index (χ4v) is 3.46. The molecule has 1 atom stereocenters. The molecule has 6 nitrogen and oxygen atoms in total. The maximum Gasteiger partial charge on any atom is 0.320 e. The summed E-state index contributed by atoms with van der Waals surface area (Å²) in [5, 5.41) is 5.50. The summed E-state index contributed by atoms with van der Waals surface area (Å²) in [4.78, 5) is 30.6. The summed E-state index contributed by atoms with van der Waals surface area (Å²) in [6.07, 6.45) is 2.12. The fourth-order valence-electron chi connectivity index (χ4n) is 3.46. The van der Waals surface area contributed by atoms with Crippen molar-refractivity contribution in [2.24, 2.45) is 0 Å². The molecule has 3 aromatic rings.